The van der Waals surface area contributed by atoms with Crippen LogP contribution in [-0.2, 0) is 33.8 Å². The maximum atomic E-state index is 13.2. The molecule has 0 radical (unpaired) electrons. The van der Waals surface area contributed by atoms with Crippen molar-refractivity contribution in [1.29, 1.82) is 0 Å². The van der Waals surface area contributed by atoms with Gasteiger partial charge in [-0.05, 0) is 46.1 Å². The number of ether oxygens (including phenoxy) is 3. The number of rotatable bonds is 8. The molecule has 0 saturated carbocycles. The van der Waals surface area contributed by atoms with Crippen molar-refractivity contribution in [2.45, 2.75) is 71.9 Å². The fourth-order valence-electron chi connectivity index (χ4n) is 3.64. The Balaban J connectivity index is 1.93. The predicted octanol–water partition coefficient (Wildman–Crippen LogP) is 1.89. The second-order valence-corrected chi connectivity index (χ2v) is 9.87. The van der Waals surface area contributed by atoms with Gasteiger partial charge < -0.3 is 14.2 Å². The lowest BCUT2D eigenvalue weighted by Crippen LogP contribution is -2.42. The Hall–Kier alpha value is -2.21. The zero-order chi connectivity index (χ0) is 23.5. The Bertz CT molecular complexity index is 1080. The number of carbonyl (C=O) groups excluding carboxylic acids is 1. The third-order valence-electron chi connectivity index (χ3n) is 5.16. The second-order valence-electron chi connectivity index (χ2n) is 8.79. The molecule has 2 aromatic heterocycles. The van der Waals surface area contributed by atoms with Crippen LogP contribution >= 0.6 is 11.3 Å². The Kier molecular flexibility index (Phi) is 7.75. The van der Waals surface area contributed by atoms with Gasteiger partial charge in [0.05, 0.1) is 31.2 Å². The van der Waals surface area contributed by atoms with E-state index in [1.807, 2.05) is 6.92 Å². The summed E-state index contributed by atoms with van der Waals surface area (Å²) in [5.74, 6) is 0. The molecule has 3 rings (SSSR count). The topological polar surface area (TPSA) is 113 Å². The monoisotopic (exact) mass is 468 g/mol. The molecule has 0 aliphatic carbocycles. The number of hydrogen-bond donors (Lipinski definition) is 2. The fraction of sp³-hybridized carbons (Fsp3) is 0.667. The fourth-order valence-corrected chi connectivity index (χ4v) is 4.88. The summed E-state index contributed by atoms with van der Waals surface area (Å²) in [5, 5.41) is 0.512. The van der Waals surface area contributed by atoms with Gasteiger partial charge in [0.25, 0.3) is 5.56 Å². The van der Waals surface area contributed by atoms with Crippen molar-refractivity contribution in [2.75, 3.05) is 20.3 Å². The van der Waals surface area contributed by atoms with Gasteiger partial charge >= 0.3 is 11.8 Å². The normalized spacial score (nSPS) is 16.6. The molecule has 1 unspecified atom stereocenters. The van der Waals surface area contributed by atoms with Gasteiger partial charge in [-0.15, -0.1) is 11.3 Å². The molecule has 10 nitrogen and oxygen atoms in total. The van der Waals surface area contributed by atoms with Crippen molar-refractivity contribution in [1.82, 2.24) is 20.0 Å². The second kappa shape index (κ2) is 10.2. The number of amides is 1. The number of carbonyl (C=O) groups is 1. The molecular weight excluding hydrogens is 436 g/mol. The van der Waals surface area contributed by atoms with E-state index >= 15 is 0 Å². The summed E-state index contributed by atoms with van der Waals surface area (Å²) in [7, 11) is 1.53. The molecule has 0 spiro atoms. The summed E-state index contributed by atoms with van der Waals surface area (Å²) in [6.07, 6.45) is 1.19. The number of aromatic nitrogens is 2. The first kappa shape index (κ1) is 24.4. The minimum absolute atomic E-state index is 0.0536. The predicted molar refractivity (Wildman–Crippen MR) is 122 cm³/mol. The smallest absolute Gasteiger partial charge is 0.422 e. The van der Waals surface area contributed by atoms with E-state index in [1.165, 1.54) is 23.0 Å². The van der Waals surface area contributed by atoms with E-state index in [9.17, 15) is 14.4 Å². The molecule has 11 heteroatoms. The Morgan fingerprint density at radius 3 is 2.66 bits per heavy atom. The van der Waals surface area contributed by atoms with Crippen LogP contribution in [0, 0.1) is 6.92 Å². The van der Waals surface area contributed by atoms with E-state index in [2.05, 4.69) is 10.9 Å². The van der Waals surface area contributed by atoms with Crippen molar-refractivity contribution in [3.63, 3.8) is 0 Å². The van der Waals surface area contributed by atoms with E-state index in [-0.39, 0.29) is 37.0 Å². The van der Waals surface area contributed by atoms with E-state index in [0.29, 0.717) is 23.4 Å². The molecule has 1 amide bonds. The molecule has 1 atom stereocenters. The highest BCUT2D eigenvalue weighted by Crippen LogP contribution is 2.28. The molecule has 1 aliphatic heterocycles. The van der Waals surface area contributed by atoms with Gasteiger partial charge in [0.15, 0.2) is 0 Å². The number of methoxy groups -OCH3 is 1. The molecule has 1 fully saturated rings. The Morgan fingerprint density at radius 1 is 1.28 bits per heavy atom. The SMILES string of the molecule is COCCn1c(=O)c2c(C)c(CNNC(=O)OC(C)(C)C)sc2n(CC2CCCO2)c1=O. The number of thiophene rings is 1. The molecular formula is C21H32N4O6S. The number of fused-ring (bicyclic) bond motifs is 1. The zero-order valence-electron chi connectivity index (χ0n) is 19.3. The third kappa shape index (κ3) is 5.58. The number of hydrazine groups is 1. The average Bonchev–Trinajstić information content (AvgIpc) is 3.32. The van der Waals surface area contributed by atoms with Crippen LogP contribution in [0.4, 0.5) is 4.79 Å². The van der Waals surface area contributed by atoms with Crippen LogP contribution in [0.1, 0.15) is 44.1 Å². The van der Waals surface area contributed by atoms with Gasteiger partial charge in [0, 0.05) is 25.1 Å². The minimum Gasteiger partial charge on any atom is -0.443 e. The van der Waals surface area contributed by atoms with Crippen molar-refractivity contribution in [3.05, 3.63) is 31.3 Å². The minimum atomic E-state index is -0.606. The molecule has 2 N–H and O–H groups in total. The van der Waals surface area contributed by atoms with Crippen LogP contribution in [-0.4, -0.2) is 47.3 Å². The highest BCUT2D eigenvalue weighted by molar-refractivity contribution is 7.18. The summed E-state index contributed by atoms with van der Waals surface area (Å²) >= 11 is 1.37. The lowest BCUT2D eigenvalue weighted by molar-refractivity contribution is 0.0497. The maximum absolute atomic E-state index is 13.2. The first-order valence-corrected chi connectivity index (χ1v) is 11.5. The summed E-state index contributed by atoms with van der Waals surface area (Å²) in [5.41, 5.74) is 4.84. The van der Waals surface area contributed by atoms with Gasteiger partial charge in [-0.2, -0.15) is 0 Å². The summed E-state index contributed by atoms with van der Waals surface area (Å²) in [6, 6.07) is 0. The number of nitrogens with one attached hydrogen (secondary N) is 2. The van der Waals surface area contributed by atoms with E-state index in [4.69, 9.17) is 14.2 Å². The van der Waals surface area contributed by atoms with Gasteiger partial charge in [0.2, 0.25) is 0 Å². The quantitative estimate of drug-likeness (QED) is 0.569. The standard InChI is InChI=1S/C21H32N4O6S/c1-13-15(11-22-23-19(27)31-21(2,3)4)32-18-16(13)17(26)24(8-10-29-5)20(28)25(18)12-14-7-6-9-30-14/h14,22H,6-12H2,1-5H3,(H,23,27). The lowest BCUT2D eigenvalue weighted by Gasteiger charge is -2.19. The van der Waals surface area contributed by atoms with Crippen molar-refractivity contribution in [3.8, 4) is 0 Å². The summed E-state index contributed by atoms with van der Waals surface area (Å²) in [6.45, 7) is 9.01. The van der Waals surface area contributed by atoms with E-state index < -0.39 is 11.7 Å². The van der Waals surface area contributed by atoms with Gasteiger partial charge in [-0.1, -0.05) is 0 Å². The molecule has 32 heavy (non-hydrogen) atoms. The van der Waals surface area contributed by atoms with Crippen LogP contribution in [0.5, 0.6) is 0 Å². The van der Waals surface area contributed by atoms with E-state index in [1.54, 1.807) is 25.3 Å². The van der Waals surface area contributed by atoms with Crippen LogP contribution in [0.15, 0.2) is 9.59 Å². The lowest BCUT2D eigenvalue weighted by atomic mass is 10.2. The van der Waals surface area contributed by atoms with Gasteiger partial charge in [-0.3, -0.25) is 19.4 Å². The van der Waals surface area contributed by atoms with Crippen LogP contribution in [0.2, 0.25) is 0 Å². The van der Waals surface area contributed by atoms with Crippen LogP contribution in [0.3, 0.4) is 0 Å². The molecule has 1 aliphatic rings. The third-order valence-corrected chi connectivity index (χ3v) is 6.48. The molecule has 0 bridgehead atoms. The molecule has 1 saturated heterocycles. The van der Waals surface area contributed by atoms with Crippen LogP contribution in [0.25, 0.3) is 10.2 Å². The van der Waals surface area contributed by atoms with Crippen LogP contribution < -0.4 is 22.1 Å². The number of hydrogen-bond acceptors (Lipinski definition) is 8. The number of aryl methyl sites for hydroxylation is 1. The zero-order valence-corrected chi connectivity index (χ0v) is 20.1. The van der Waals surface area contributed by atoms with Crippen molar-refractivity contribution < 1.29 is 19.0 Å². The Morgan fingerprint density at radius 2 is 2.03 bits per heavy atom. The van der Waals surface area contributed by atoms with E-state index in [0.717, 1.165) is 23.3 Å². The highest BCUT2D eigenvalue weighted by atomic mass is 32.1. The van der Waals surface area contributed by atoms with Gasteiger partial charge in [-0.25, -0.2) is 15.0 Å². The number of nitrogens with zero attached hydrogens (tertiary/aromatic N) is 2. The molecule has 178 valence electrons. The van der Waals surface area contributed by atoms with Crippen molar-refractivity contribution >= 4 is 27.6 Å². The first-order chi connectivity index (χ1) is 15.1. The Labute approximate surface area is 190 Å². The molecule has 3 heterocycles. The van der Waals surface area contributed by atoms with Crippen molar-refractivity contribution in [2.24, 2.45) is 0 Å². The largest absolute Gasteiger partial charge is 0.443 e. The summed E-state index contributed by atoms with van der Waals surface area (Å²) in [4.78, 5) is 39.7. The van der Waals surface area contributed by atoms with Gasteiger partial charge in [0.1, 0.15) is 10.4 Å². The summed E-state index contributed by atoms with van der Waals surface area (Å²) < 4.78 is 18.9. The first-order valence-electron chi connectivity index (χ1n) is 10.7. The highest BCUT2D eigenvalue weighted by Gasteiger charge is 2.24. The average molecular weight is 469 g/mol. The molecule has 0 aromatic carbocycles. The maximum Gasteiger partial charge on any atom is 0.422 e. The molecule has 2 aromatic rings.